The van der Waals surface area contributed by atoms with E-state index in [1.165, 1.54) is 32.1 Å². The lowest BCUT2D eigenvalue weighted by atomic mass is 9.80. The molecule has 0 fully saturated rings. The molecule has 3 N–H and O–H groups in total. The van der Waals surface area contributed by atoms with Crippen LogP contribution in [-0.4, -0.2) is 20.8 Å². The molecule has 0 bridgehead atoms. The van der Waals surface area contributed by atoms with Gasteiger partial charge in [0, 0.05) is 5.41 Å². The van der Waals surface area contributed by atoms with Gasteiger partial charge < -0.3 is 14.7 Å². The third-order valence-corrected chi connectivity index (χ3v) is 3.90. The summed E-state index contributed by atoms with van der Waals surface area (Å²) >= 11 is 0. The van der Waals surface area contributed by atoms with Gasteiger partial charge in [-0.15, -0.1) is 0 Å². The van der Waals surface area contributed by atoms with Crippen LogP contribution in [0.5, 0.6) is 0 Å². The highest BCUT2D eigenvalue weighted by Gasteiger charge is 2.28. The van der Waals surface area contributed by atoms with Crippen LogP contribution in [0.25, 0.3) is 0 Å². The van der Waals surface area contributed by atoms with Crippen molar-refractivity contribution in [3.63, 3.8) is 0 Å². The van der Waals surface area contributed by atoms with E-state index in [0.29, 0.717) is 5.41 Å². The Morgan fingerprint density at radius 2 is 1.56 bits per heavy atom. The van der Waals surface area contributed by atoms with Crippen molar-refractivity contribution in [2.24, 2.45) is 5.41 Å². The lowest BCUT2D eigenvalue weighted by molar-refractivity contribution is 0.270. The number of rotatable bonds is 7. The van der Waals surface area contributed by atoms with Crippen molar-refractivity contribution in [2.45, 2.75) is 52.9 Å². The van der Waals surface area contributed by atoms with Gasteiger partial charge in [-0.3, -0.25) is 0 Å². The van der Waals surface area contributed by atoms with Crippen LogP contribution in [0.15, 0.2) is 0 Å². The maximum absolute atomic E-state index is 10.7. The molecule has 0 aliphatic heterocycles. The summed E-state index contributed by atoms with van der Waals surface area (Å²) in [7, 11) is -2.74. The van der Waals surface area contributed by atoms with Gasteiger partial charge in [0.1, 0.15) is 6.16 Å². The van der Waals surface area contributed by atoms with Crippen molar-refractivity contribution in [3.05, 3.63) is 0 Å². The van der Waals surface area contributed by atoms with Gasteiger partial charge in [-0.05, 0) is 19.3 Å². The molecular formula is C10H25O4P2+. The molecule has 4 nitrogen and oxygen atoms in total. The van der Waals surface area contributed by atoms with E-state index < -0.39 is 8.60 Å². The van der Waals surface area contributed by atoms with Crippen molar-refractivity contribution in [1.82, 2.24) is 0 Å². The molecule has 0 rings (SSSR count). The summed E-state index contributed by atoms with van der Waals surface area (Å²) in [5, 5.41) is 0. The molecule has 0 amide bonds. The average molecular weight is 271 g/mol. The Balaban J connectivity index is 0. The Bertz CT molecular complexity index is 158. The van der Waals surface area contributed by atoms with E-state index in [-0.39, 0.29) is 8.46 Å². The lowest BCUT2D eigenvalue weighted by Gasteiger charge is -2.26. The summed E-state index contributed by atoms with van der Waals surface area (Å²) in [5.41, 5.74) is 0.385. The quantitative estimate of drug-likeness (QED) is 0.621. The Labute approximate surface area is 101 Å². The second-order valence-electron chi connectivity index (χ2n) is 3.90. The summed E-state index contributed by atoms with van der Waals surface area (Å²) in [6, 6.07) is 0. The van der Waals surface area contributed by atoms with E-state index in [4.69, 9.17) is 14.7 Å². The van der Waals surface area contributed by atoms with Crippen LogP contribution in [0.2, 0.25) is 0 Å². The van der Waals surface area contributed by atoms with Gasteiger partial charge in [0.05, 0.1) is 0 Å². The SMILES string of the molecule is CCCCC(CC)(CC)C[PH+]=O.OP(O)O. The smallest absolute Gasteiger partial charge is 0.325 e. The van der Waals surface area contributed by atoms with Crippen LogP contribution < -0.4 is 0 Å². The predicted octanol–water partition coefficient (Wildman–Crippen LogP) is 3.20. The minimum Gasteiger partial charge on any atom is -0.328 e. The molecule has 0 aliphatic carbocycles. The van der Waals surface area contributed by atoms with Gasteiger partial charge in [-0.1, -0.05) is 38.2 Å². The first-order chi connectivity index (χ1) is 7.47. The molecule has 0 saturated carbocycles. The van der Waals surface area contributed by atoms with Gasteiger partial charge in [0.15, 0.2) is 0 Å². The molecule has 0 aliphatic rings. The Morgan fingerprint density at radius 3 is 1.81 bits per heavy atom. The van der Waals surface area contributed by atoms with Crippen LogP contribution in [0.3, 0.4) is 0 Å². The predicted molar refractivity (Wildman–Crippen MR) is 70.0 cm³/mol. The number of hydrogen-bond donors (Lipinski definition) is 3. The molecule has 1 atom stereocenters. The van der Waals surface area contributed by atoms with Crippen molar-refractivity contribution in [1.29, 1.82) is 0 Å². The van der Waals surface area contributed by atoms with E-state index in [9.17, 15) is 4.57 Å². The maximum Gasteiger partial charge on any atom is 0.325 e. The number of hydrogen-bond acceptors (Lipinski definition) is 4. The molecule has 98 valence electrons. The van der Waals surface area contributed by atoms with Gasteiger partial charge in [-0.2, -0.15) is 0 Å². The third-order valence-electron chi connectivity index (χ3n) is 3.01. The van der Waals surface area contributed by atoms with Crippen LogP contribution >= 0.6 is 17.1 Å². The topological polar surface area (TPSA) is 77.8 Å². The summed E-state index contributed by atoms with van der Waals surface area (Å²) in [6.45, 7) is 6.66. The third kappa shape index (κ3) is 10.9. The van der Waals surface area contributed by atoms with E-state index in [1.54, 1.807) is 0 Å². The van der Waals surface area contributed by atoms with Crippen molar-refractivity contribution >= 4 is 17.1 Å². The Hall–Kier alpha value is 0.410. The van der Waals surface area contributed by atoms with E-state index in [0.717, 1.165) is 6.16 Å². The molecule has 0 spiro atoms. The molecule has 0 saturated heterocycles. The Morgan fingerprint density at radius 1 is 1.12 bits per heavy atom. The first-order valence-corrected chi connectivity index (χ1v) is 8.01. The standard InChI is InChI=1S/C10H21OP.H3O3P/c1-4-7-8-10(5-2,6-3)9-12-11;1-4(2)3/h4-9H2,1-3H3;1-3H/p+1. The summed E-state index contributed by atoms with van der Waals surface area (Å²) in [4.78, 5) is 21.7. The van der Waals surface area contributed by atoms with Crippen LogP contribution in [-0.2, 0) is 4.57 Å². The molecular weight excluding hydrogens is 246 g/mol. The van der Waals surface area contributed by atoms with Crippen molar-refractivity contribution in [2.75, 3.05) is 6.16 Å². The lowest BCUT2D eigenvalue weighted by Crippen LogP contribution is -2.20. The molecule has 1 unspecified atom stereocenters. The molecule has 0 aromatic carbocycles. The summed E-state index contributed by atoms with van der Waals surface area (Å²) in [6.07, 6.45) is 7.05. The van der Waals surface area contributed by atoms with Gasteiger partial charge in [0.25, 0.3) is 0 Å². The highest BCUT2D eigenvalue weighted by Crippen LogP contribution is 2.35. The van der Waals surface area contributed by atoms with Crippen molar-refractivity contribution in [3.8, 4) is 0 Å². The molecule has 6 heteroatoms. The minimum absolute atomic E-state index is 0.116. The molecule has 0 heterocycles. The molecule has 0 aromatic rings. The fourth-order valence-electron chi connectivity index (χ4n) is 1.65. The first kappa shape index (κ1) is 18.8. The van der Waals surface area contributed by atoms with E-state index in [1.807, 2.05) is 0 Å². The molecule has 0 aromatic heterocycles. The van der Waals surface area contributed by atoms with Crippen LogP contribution in [0.1, 0.15) is 52.9 Å². The highest BCUT2D eigenvalue weighted by atomic mass is 31.2. The van der Waals surface area contributed by atoms with E-state index in [2.05, 4.69) is 20.8 Å². The average Bonchev–Trinajstić information content (AvgIpc) is 2.24. The Kier molecular flexibility index (Phi) is 13.9. The fraction of sp³-hybridized carbons (Fsp3) is 1.00. The van der Waals surface area contributed by atoms with Gasteiger partial charge >= 0.3 is 17.1 Å². The molecule has 16 heavy (non-hydrogen) atoms. The summed E-state index contributed by atoms with van der Waals surface area (Å²) < 4.78 is 10.7. The minimum atomic E-state index is -2.62. The zero-order valence-electron chi connectivity index (χ0n) is 10.4. The van der Waals surface area contributed by atoms with Crippen molar-refractivity contribution < 1.29 is 19.2 Å². The fourth-order valence-corrected chi connectivity index (χ4v) is 2.63. The zero-order chi connectivity index (χ0) is 13.0. The maximum atomic E-state index is 10.7. The normalized spacial score (nSPS) is 11.4. The highest BCUT2D eigenvalue weighted by molar-refractivity contribution is 7.38. The first-order valence-electron chi connectivity index (χ1n) is 5.69. The summed E-state index contributed by atoms with van der Waals surface area (Å²) in [5.74, 6) is 0. The van der Waals surface area contributed by atoms with Gasteiger partial charge in [0.2, 0.25) is 0 Å². The van der Waals surface area contributed by atoms with Crippen LogP contribution in [0.4, 0.5) is 0 Å². The largest absolute Gasteiger partial charge is 0.328 e. The van der Waals surface area contributed by atoms with Gasteiger partial charge in [-0.25, -0.2) is 0 Å². The van der Waals surface area contributed by atoms with E-state index >= 15 is 0 Å². The second-order valence-corrected chi connectivity index (χ2v) is 5.08. The second kappa shape index (κ2) is 11.9. The molecule has 0 radical (unpaired) electrons. The van der Waals surface area contributed by atoms with Crippen LogP contribution in [0, 0.1) is 5.41 Å². The monoisotopic (exact) mass is 271 g/mol. The zero-order valence-corrected chi connectivity index (χ0v) is 12.3. The number of unbranched alkanes of at least 4 members (excludes halogenated alkanes) is 1.